The van der Waals surface area contributed by atoms with E-state index in [2.05, 4.69) is 37.8 Å². The van der Waals surface area contributed by atoms with Gasteiger partial charge in [0.25, 0.3) is 0 Å². The third-order valence-corrected chi connectivity index (χ3v) is 6.73. The summed E-state index contributed by atoms with van der Waals surface area (Å²) in [5.74, 6) is 1.57. The minimum Gasteiger partial charge on any atom is -0.495 e. The molecule has 0 bridgehead atoms. The summed E-state index contributed by atoms with van der Waals surface area (Å²) in [6.07, 6.45) is 10.4. The number of methoxy groups -OCH3 is 1. The number of rotatable bonds is 9. The van der Waals surface area contributed by atoms with E-state index in [0.717, 1.165) is 37.9 Å². The molecule has 1 aliphatic heterocycles. The monoisotopic (exact) mass is 474 g/mol. The summed E-state index contributed by atoms with van der Waals surface area (Å²) in [7, 11) is 1.60. The van der Waals surface area contributed by atoms with Crippen molar-refractivity contribution in [2.45, 2.75) is 82.9 Å². The van der Waals surface area contributed by atoms with Crippen molar-refractivity contribution in [3.8, 4) is 11.8 Å². The van der Waals surface area contributed by atoms with Gasteiger partial charge < -0.3 is 25.4 Å². The van der Waals surface area contributed by atoms with Crippen LogP contribution >= 0.6 is 11.6 Å². The molecule has 3 N–H and O–H groups in total. The largest absolute Gasteiger partial charge is 0.495 e. The van der Waals surface area contributed by atoms with E-state index in [4.69, 9.17) is 21.1 Å². The van der Waals surface area contributed by atoms with Crippen molar-refractivity contribution in [1.82, 2.24) is 20.3 Å². The van der Waals surface area contributed by atoms with Crippen LogP contribution in [-0.4, -0.2) is 46.8 Å². The van der Waals surface area contributed by atoms with Crippen LogP contribution in [0.5, 0.6) is 11.8 Å². The molecule has 33 heavy (non-hydrogen) atoms. The van der Waals surface area contributed by atoms with Crippen molar-refractivity contribution in [3.05, 3.63) is 23.2 Å². The van der Waals surface area contributed by atoms with E-state index in [-0.39, 0.29) is 12.1 Å². The van der Waals surface area contributed by atoms with Crippen molar-refractivity contribution < 1.29 is 9.47 Å². The number of nitrogens with one attached hydrogen (secondary N) is 3. The van der Waals surface area contributed by atoms with Crippen LogP contribution in [0.25, 0.3) is 0 Å². The lowest BCUT2D eigenvalue weighted by atomic mass is 10.0. The maximum Gasteiger partial charge on any atom is 0.323 e. The topological polar surface area (TPSA) is 93.2 Å². The van der Waals surface area contributed by atoms with E-state index in [1.54, 1.807) is 13.2 Å². The molecular formula is C24H35ClN6O2. The van der Waals surface area contributed by atoms with Gasteiger partial charge in [-0.15, -0.1) is 0 Å². The van der Waals surface area contributed by atoms with Gasteiger partial charge in [0, 0.05) is 17.8 Å². The normalized spacial score (nSPS) is 20.2. The van der Waals surface area contributed by atoms with Gasteiger partial charge in [-0.05, 0) is 69.7 Å². The highest BCUT2D eigenvalue weighted by molar-refractivity contribution is 6.32. The summed E-state index contributed by atoms with van der Waals surface area (Å²) < 4.78 is 11.5. The molecule has 0 spiro atoms. The Hall–Kier alpha value is -2.32. The minimum absolute atomic E-state index is 0.143. The zero-order valence-electron chi connectivity index (χ0n) is 19.6. The first kappa shape index (κ1) is 23.8. The fraction of sp³-hybridized carbons (Fsp3) is 0.625. The molecule has 9 heteroatoms. The molecule has 2 aliphatic rings. The Balaban J connectivity index is 1.56. The molecule has 1 aromatic carbocycles. The van der Waals surface area contributed by atoms with Crippen molar-refractivity contribution >= 4 is 29.2 Å². The van der Waals surface area contributed by atoms with Gasteiger partial charge in [-0.2, -0.15) is 15.0 Å². The Morgan fingerprint density at radius 3 is 2.52 bits per heavy atom. The van der Waals surface area contributed by atoms with Gasteiger partial charge in [-0.3, -0.25) is 0 Å². The number of halogens is 1. The van der Waals surface area contributed by atoms with Crippen molar-refractivity contribution in [2.75, 3.05) is 24.3 Å². The SMILES string of the molecule is CCC(Nc1nc(Nc2ccc(OC)c(Cl)c2)nc(OC2CCCCCC2)n1)C1CCCN1. The predicted octanol–water partition coefficient (Wildman–Crippen LogP) is 5.32. The fourth-order valence-electron chi connectivity index (χ4n) is 4.62. The van der Waals surface area contributed by atoms with E-state index in [1.807, 2.05) is 12.1 Å². The van der Waals surface area contributed by atoms with Crippen LogP contribution in [0, 0.1) is 0 Å². The summed E-state index contributed by atoms with van der Waals surface area (Å²) in [4.78, 5) is 13.9. The molecule has 180 valence electrons. The first-order chi connectivity index (χ1) is 16.1. The molecule has 2 heterocycles. The van der Waals surface area contributed by atoms with Gasteiger partial charge in [0.1, 0.15) is 11.9 Å². The van der Waals surface area contributed by atoms with Crippen LogP contribution in [0.4, 0.5) is 17.6 Å². The average molecular weight is 475 g/mol. The van der Waals surface area contributed by atoms with E-state index >= 15 is 0 Å². The molecule has 2 unspecified atom stereocenters. The number of hydrogen-bond donors (Lipinski definition) is 3. The number of ether oxygens (including phenoxy) is 2. The van der Waals surface area contributed by atoms with Crippen molar-refractivity contribution in [2.24, 2.45) is 0 Å². The van der Waals surface area contributed by atoms with Crippen LogP contribution in [-0.2, 0) is 0 Å². The lowest BCUT2D eigenvalue weighted by Crippen LogP contribution is -2.40. The number of hydrogen-bond acceptors (Lipinski definition) is 8. The van der Waals surface area contributed by atoms with Gasteiger partial charge in [0.15, 0.2) is 0 Å². The highest BCUT2D eigenvalue weighted by Crippen LogP contribution is 2.29. The van der Waals surface area contributed by atoms with E-state index < -0.39 is 0 Å². The lowest BCUT2D eigenvalue weighted by Gasteiger charge is -2.24. The van der Waals surface area contributed by atoms with Crippen LogP contribution in [0.2, 0.25) is 5.02 Å². The van der Waals surface area contributed by atoms with Gasteiger partial charge in [0.2, 0.25) is 11.9 Å². The molecule has 0 amide bonds. The quantitative estimate of drug-likeness (QED) is 0.420. The van der Waals surface area contributed by atoms with E-state index in [1.165, 1.54) is 32.1 Å². The molecule has 1 saturated heterocycles. The van der Waals surface area contributed by atoms with E-state index in [9.17, 15) is 0 Å². The maximum absolute atomic E-state index is 6.30. The minimum atomic E-state index is 0.143. The third kappa shape index (κ3) is 6.60. The highest BCUT2D eigenvalue weighted by Gasteiger charge is 2.25. The Bertz CT molecular complexity index is 901. The van der Waals surface area contributed by atoms with Gasteiger partial charge in [0.05, 0.1) is 12.1 Å². The highest BCUT2D eigenvalue weighted by atomic mass is 35.5. The molecule has 1 aromatic heterocycles. The molecular weight excluding hydrogens is 440 g/mol. The molecule has 8 nitrogen and oxygen atoms in total. The second-order valence-electron chi connectivity index (χ2n) is 8.83. The summed E-state index contributed by atoms with van der Waals surface area (Å²) in [5, 5.41) is 10.9. The van der Waals surface area contributed by atoms with Crippen LogP contribution < -0.4 is 25.4 Å². The zero-order valence-corrected chi connectivity index (χ0v) is 20.3. The van der Waals surface area contributed by atoms with Crippen molar-refractivity contribution in [3.63, 3.8) is 0 Å². The Morgan fingerprint density at radius 1 is 1.06 bits per heavy atom. The van der Waals surface area contributed by atoms with E-state index in [0.29, 0.717) is 34.7 Å². The average Bonchev–Trinajstić information content (AvgIpc) is 3.22. The second kappa shape index (κ2) is 11.7. The van der Waals surface area contributed by atoms with Crippen LogP contribution in [0.1, 0.15) is 64.7 Å². The fourth-order valence-corrected chi connectivity index (χ4v) is 4.88. The summed E-state index contributed by atoms with van der Waals surface area (Å²) >= 11 is 6.30. The second-order valence-corrected chi connectivity index (χ2v) is 9.24. The molecule has 2 aromatic rings. The smallest absolute Gasteiger partial charge is 0.323 e. The maximum atomic E-state index is 6.30. The Kier molecular flexibility index (Phi) is 8.45. The zero-order chi connectivity index (χ0) is 23.0. The van der Waals surface area contributed by atoms with Gasteiger partial charge >= 0.3 is 6.01 Å². The number of benzene rings is 1. The summed E-state index contributed by atoms with van der Waals surface area (Å²) in [6.45, 7) is 3.24. The lowest BCUT2D eigenvalue weighted by molar-refractivity contribution is 0.168. The molecule has 2 atom stereocenters. The van der Waals surface area contributed by atoms with Gasteiger partial charge in [-0.1, -0.05) is 31.4 Å². The molecule has 1 aliphatic carbocycles. The summed E-state index contributed by atoms with van der Waals surface area (Å²) in [5.41, 5.74) is 0.767. The molecule has 2 fully saturated rings. The number of nitrogens with zero attached hydrogens (tertiary/aromatic N) is 3. The third-order valence-electron chi connectivity index (χ3n) is 6.44. The molecule has 0 radical (unpaired) electrons. The predicted molar refractivity (Wildman–Crippen MR) is 132 cm³/mol. The summed E-state index contributed by atoms with van der Waals surface area (Å²) in [6, 6.07) is 6.49. The van der Waals surface area contributed by atoms with Crippen molar-refractivity contribution in [1.29, 1.82) is 0 Å². The number of aromatic nitrogens is 3. The first-order valence-electron chi connectivity index (χ1n) is 12.2. The first-order valence-corrected chi connectivity index (χ1v) is 12.6. The van der Waals surface area contributed by atoms with Gasteiger partial charge in [-0.25, -0.2) is 0 Å². The van der Waals surface area contributed by atoms with Crippen LogP contribution in [0.15, 0.2) is 18.2 Å². The Labute approximate surface area is 201 Å². The van der Waals surface area contributed by atoms with Crippen LogP contribution in [0.3, 0.4) is 0 Å². The Morgan fingerprint density at radius 2 is 1.85 bits per heavy atom. The molecule has 4 rings (SSSR count). The number of anilines is 3. The molecule has 1 saturated carbocycles. The standard InChI is InChI=1S/C24H35ClN6O2/c1-3-19(20-11-8-14-26-20)28-23-29-22(27-16-12-13-21(32-2)18(25)15-16)30-24(31-23)33-17-9-6-4-5-7-10-17/h12-13,15,17,19-20,26H,3-11,14H2,1-2H3,(H2,27,28,29,30,31).